The molecular formula is C12H16ClNO. The molecular weight excluding hydrogens is 210 g/mol. The molecule has 1 fully saturated rings. The highest BCUT2D eigenvalue weighted by atomic mass is 35.5. The second-order valence-electron chi connectivity index (χ2n) is 4.31. The first-order valence-electron chi connectivity index (χ1n) is 5.31. The highest BCUT2D eigenvalue weighted by Gasteiger charge is 2.43. The molecule has 1 atom stereocenters. The van der Waals surface area contributed by atoms with Gasteiger partial charge in [-0.2, -0.15) is 0 Å². The van der Waals surface area contributed by atoms with Crippen LogP contribution in [0.3, 0.4) is 0 Å². The van der Waals surface area contributed by atoms with Gasteiger partial charge in [-0.15, -0.1) is 0 Å². The normalized spacial score (nSPS) is 20.7. The van der Waals surface area contributed by atoms with E-state index in [4.69, 9.17) is 17.3 Å². The van der Waals surface area contributed by atoms with Crippen LogP contribution in [0.1, 0.15) is 24.8 Å². The molecule has 0 unspecified atom stereocenters. The molecule has 1 aliphatic carbocycles. The van der Waals surface area contributed by atoms with Crippen LogP contribution in [0.25, 0.3) is 0 Å². The molecule has 3 heteroatoms. The van der Waals surface area contributed by atoms with Crippen molar-refractivity contribution in [1.29, 1.82) is 0 Å². The van der Waals surface area contributed by atoms with Crippen LogP contribution in [0.5, 0.6) is 0 Å². The van der Waals surface area contributed by atoms with Crippen LogP contribution in [0.2, 0.25) is 5.02 Å². The largest absolute Gasteiger partial charge is 0.395 e. The molecule has 1 aliphatic rings. The molecule has 0 saturated heterocycles. The standard InChI is InChI=1S/C12H16ClNO/c13-10-4-2-9(3-5-10)12(6-1-7-12)11(14)8-15/h2-5,11,15H,1,6-8,14H2/t11-/m0/s1. The van der Waals surface area contributed by atoms with Gasteiger partial charge < -0.3 is 10.8 Å². The lowest BCUT2D eigenvalue weighted by molar-refractivity contribution is 0.136. The number of benzene rings is 1. The third-order valence-corrected chi connectivity index (χ3v) is 3.82. The van der Waals surface area contributed by atoms with Gasteiger partial charge in [0.2, 0.25) is 0 Å². The first-order valence-corrected chi connectivity index (χ1v) is 5.69. The fourth-order valence-corrected chi connectivity index (χ4v) is 2.51. The minimum absolute atomic E-state index is 0.0145. The maximum atomic E-state index is 9.20. The van der Waals surface area contributed by atoms with Crippen molar-refractivity contribution >= 4 is 11.6 Å². The van der Waals surface area contributed by atoms with E-state index in [1.54, 1.807) is 0 Å². The molecule has 0 heterocycles. The third kappa shape index (κ3) is 1.78. The number of aliphatic hydroxyl groups excluding tert-OH is 1. The molecule has 1 aromatic carbocycles. The van der Waals surface area contributed by atoms with Crippen LogP contribution in [-0.4, -0.2) is 17.8 Å². The van der Waals surface area contributed by atoms with Gasteiger partial charge >= 0.3 is 0 Å². The molecule has 0 radical (unpaired) electrons. The maximum Gasteiger partial charge on any atom is 0.0591 e. The molecule has 3 N–H and O–H groups in total. The zero-order chi connectivity index (χ0) is 10.9. The molecule has 0 aliphatic heterocycles. The highest BCUT2D eigenvalue weighted by molar-refractivity contribution is 6.30. The topological polar surface area (TPSA) is 46.2 Å². The molecule has 0 amide bonds. The van der Waals surface area contributed by atoms with Crippen molar-refractivity contribution < 1.29 is 5.11 Å². The Kier molecular flexibility index (Phi) is 3.01. The summed E-state index contributed by atoms with van der Waals surface area (Å²) >= 11 is 5.86. The second-order valence-corrected chi connectivity index (χ2v) is 4.74. The molecule has 1 saturated carbocycles. The van der Waals surface area contributed by atoms with Crippen molar-refractivity contribution in [2.75, 3.05) is 6.61 Å². The number of aliphatic hydroxyl groups is 1. The van der Waals surface area contributed by atoms with E-state index in [0.29, 0.717) is 0 Å². The van der Waals surface area contributed by atoms with Gasteiger partial charge in [0.25, 0.3) is 0 Å². The van der Waals surface area contributed by atoms with E-state index < -0.39 is 0 Å². The lowest BCUT2D eigenvalue weighted by atomic mass is 9.60. The molecule has 2 nitrogen and oxygen atoms in total. The number of hydrogen-bond acceptors (Lipinski definition) is 2. The van der Waals surface area contributed by atoms with Crippen molar-refractivity contribution in [3.8, 4) is 0 Å². The average molecular weight is 226 g/mol. The lowest BCUT2D eigenvalue weighted by Gasteiger charge is -2.46. The fraction of sp³-hybridized carbons (Fsp3) is 0.500. The second kappa shape index (κ2) is 4.12. The van der Waals surface area contributed by atoms with Crippen LogP contribution in [0.15, 0.2) is 24.3 Å². The Balaban J connectivity index is 2.30. The van der Waals surface area contributed by atoms with Gasteiger partial charge in [0, 0.05) is 16.5 Å². The molecule has 1 aromatic rings. The van der Waals surface area contributed by atoms with Crippen LogP contribution in [-0.2, 0) is 5.41 Å². The lowest BCUT2D eigenvalue weighted by Crippen LogP contribution is -2.52. The minimum Gasteiger partial charge on any atom is -0.395 e. The molecule has 15 heavy (non-hydrogen) atoms. The van der Waals surface area contributed by atoms with Crippen LogP contribution < -0.4 is 5.73 Å². The Bertz CT molecular complexity index is 332. The van der Waals surface area contributed by atoms with E-state index in [-0.39, 0.29) is 18.1 Å². The van der Waals surface area contributed by atoms with Crippen molar-refractivity contribution in [1.82, 2.24) is 0 Å². The van der Waals surface area contributed by atoms with Gasteiger partial charge in [-0.05, 0) is 30.5 Å². The summed E-state index contributed by atoms with van der Waals surface area (Å²) in [7, 11) is 0. The van der Waals surface area contributed by atoms with E-state index in [9.17, 15) is 5.11 Å². The Hall–Kier alpha value is -0.570. The summed E-state index contributed by atoms with van der Waals surface area (Å²) < 4.78 is 0. The summed E-state index contributed by atoms with van der Waals surface area (Å²) in [4.78, 5) is 0. The van der Waals surface area contributed by atoms with E-state index in [1.807, 2.05) is 24.3 Å². The summed E-state index contributed by atoms with van der Waals surface area (Å²) in [6.07, 6.45) is 3.32. The first kappa shape index (κ1) is 10.9. The Morgan fingerprint density at radius 3 is 2.33 bits per heavy atom. The van der Waals surface area contributed by atoms with E-state index in [2.05, 4.69) is 0 Å². The van der Waals surface area contributed by atoms with Crippen molar-refractivity contribution in [2.45, 2.75) is 30.7 Å². The van der Waals surface area contributed by atoms with Gasteiger partial charge in [0.1, 0.15) is 0 Å². The Morgan fingerprint density at radius 2 is 1.93 bits per heavy atom. The van der Waals surface area contributed by atoms with E-state index in [1.165, 1.54) is 12.0 Å². The predicted octanol–water partition coefficient (Wildman–Crippen LogP) is 2.08. The highest BCUT2D eigenvalue weighted by Crippen LogP contribution is 2.45. The van der Waals surface area contributed by atoms with Gasteiger partial charge in [-0.3, -0.25) is 0 Å². The molecule has 0 bridgehead atoms. The fourth-order valence-electron chi connectivity index (χ4n) is 2.39. The summed E-state index contributed by atoms with van der Waals surface area (Å²) in [6.45, 7) is 0.0443. The van der Waals surface area contributed by atoms with Crippen molar-refractivity contribution in [2.24, 2.45) is 5.73 Å². The minimum atomic E-state index is -0.160. The molecule has 0 spiro atoms. The van der Waals surface area contributed by atoms with Crippen LogP contribution >= 0.6 is 11.6 Å². The summed E-state index contributed by atoms with van der Waals surface area (Å²) in [5.41, 5.74) is 7.19. The van der Waals surface area contributed by atoms with Crippen molar-refractivity contribution in [3.63, 3.8) is 0 Å². The number of rotatable bonds is 3. The van der Waals surface area contributed by atoms with Crippen LogP contribution in [0, 0.1) is 0 Å². The molecule has 0 aromatic heterocycles. The van der Waals surface area contributed by atoms with Gasteiger partial charge in [0.05, 0.1) is 6.61 Å². The zero-order valence-corrected chi connectivity index (χ0v) is 9.37. The summed E-state index contributed by atoms with van der Waals surface area (Å²) in [6, 6.07) is 7.67. The monoisotopic (exact) mass is 225 g/mol. The van der Waals surface area contributed by atoms with Gasteiger partial charge in [-0.25, -0.2) is 0 Å². The van der Waals surface area contributed by atoms with Gasteiger partial charge in [0.15, 0.2) is 0 Å². The van der Waals surface area contributed by atoms with Crippen molar-refractivity contribution in [3.05, 3.63) is 34.9 Å². The first-order chi connectivity index (χ1) is 7.19. The SMILES string of the molecule is N[C@@H](CO)C1(c2ccc(Cl)cc2)CCC1. The maximum absolute atomic E-state index is 9.20. The van der Waals surface area contributed by atoms with Crippen LogP contribution in [0.4, 0.5) is 0 Å². The van der Waals surface area contributed by atoms with Gasteiger partial charge in [-0.1, -0.05) is 30.2 Å². The smallest absolute Gasteiger partial charge is 0.0591 e. The Labute approximate surface area is 95.1 Å². The van der Waals surface area contributed by atoms with E-state index >= 15 is 0 Å². The number of halogens is 1. The number of hydrogen-bond donors (Lipinski definition) is 2. The molecule has 2 rings (SSSR count). The summed E-state index contributed by atoms with van der Waals surface area (Å²) in [5, 5.41) is 9.94. The quantitative estimate of drug-likeness (QED) is 0.828. The van der Waals surface area contributed by atoms with E-state index in [0.717, 1.165) is 17.9 Å². The predicted molar refractivity (Wildman–Crippen MR) is 62.0 cm³/mol. The summed E-state index contributed by atoms with van der Waals surface area (Å²) in [5.74, 6) is 0. The molecule has 82 valence electrons. The zero-order valence-electron chi connectivity index (χ0n) is 8.62. The average Bonchev–Trinajstić information content (AvgIpc) is 2.19. The third-order valence-electron chi connectivity index (χ3n) is 3.57. The Morgan fingerprint density at radius 1 is 1.33 bits per heavy atom. The number of nitrogens with two attached hydrogens (primary N) is 1.